The van der Waals surface area contributed by atoms with Crippen LogP contribution in [0.3, 0.4) is 0 Å². The minimum absolute atomic E-state index is 0.157. The Hall–Kier alpha value is -5.79. The number of halogens is 1. The molecule has 0 radical (unpaired) electrons. The Morgan fingerprint density at radius 2 is 1.64 bits per heavy atom. The Labute approximate surface area is 268 Å². The van der Waals surface area contributed by atoms with Gasteiger partial charge in [-0.1, -0.05) is 0 Å². The molecular weight excluding hydrogens is 611 g/mol. The number of fused-ring (bicyclic) bond motifs is 1. The fourth-order valence-electron chi connectivity index (χ4n) is 5.53. The van der Waals surface area contributed by atoms with E-state index in [0.717, 1.165) is 6.42 Å². The number of likely N-dealkylation sites (tertiary alicyclic amines) is 1. The molecule has 13 nitrogen and oxygen atoms in total. The Kier molecular flexibility index (Phi) is 8.57. The molecule has 4 amide bonds. The van der Waals surface area contributed by atoms with Gasteiger partial charge in [-0.25, -0.2) is 19.2 Å². The highest BCUT2D eigenvalue weighted by molar-refractivity contribution is 6.17. The number of amides is 4. The fraction of sp³-hybridized carbons (Fsp3) is 0.273. The smallest absolute Gasteiger partial charge is 0.407 e. The highest BCUT2D eigenvalue weighted by Gasteiger charge is 2.56. The number of nitrogens with zero attached hydrogens (tertiary/aromatic N) is 3. The van der Waals surface area contributed by atoms with E-state index < -0.39 is 35.0 Å². The van der Waals surface area contributed by atoms with E-state index in [-0.39, 0.29) is 29.8 Å². The van der Waals surface area contributed by atoms with Gasteiger partial charge in [0.2, 0.25) is 17.7 Å². The molecule has 4 aromatic rings. The lowest BCUT2D eigenvalue weighted by Crippen LogP contribution is -2.42. The number of carboxylic acid groups (broad SMARTS) is 1. The fourth-order valence-corrected chi connectivity index (χ4v) is 5.53. The summed E-state index contributed by atoms with van der Waals surface area (Å²) < 4.78 is 24.7. The molecular formula is C33H31FN6O7. The second-order valence-electron chi connectivity index (χ2n) is 11.4. The molecule has 242 valence electrons. The first kappa shape index (κ1) is 31.2. The predicted molar refractivity (Wildman–Crippen MR) is 168 cm³/mol. The molecule has 1 aliphatic heterocycles. The first-order chi connectivity index (χ1) is 22.7. The van der Waals surface area contributed by atoms with Crippen molar-refractivity contribution in [2.45, 2.75) is 31.7 Å². The topological polar surface area (TPSA) is 172 Å². The average Bonchev–Trinajstić information content (AvgIpc) is 3.76. The van der Waals surface area contributed by atoms with Crippen molar-refractivity contribution in [1.82, 2.24) is 20.2 Å². The van der Waals surface area contributed by atoms with E-state index in [1.165, 1.54) is 42.6 Å². The zero-order chi connectivity index (χ0) is 33.1. The summed E-state index contributed by atoms with van der Waals surface area (Å²) in [5.74, 6) is -0.947. The number of ether oxygens (including phenoxy) is 2. The van der Waals surface area contributed by atoms with Gasteiger partial charge < -0.3 is 35.4 Å². The molecule has 0 unspecified atom stereocenters. The van der Waals surface area contributed by atoms with Gasteiger partial charge in [-0.05, 0) is 80.3 Å². The standard InChI is InChI=1S/C33H31FN6O7/c1-46-27-16-26-24(15-25(27)28(41)35-17-22-3-2-14-40(22)32(44)45)29(37-18-36-26)47-23-10-8-21(9-11-23)39-31(43)33(12-13-33)30(42)38-20-6-4-19(34)5-7-20/h4-11,15-16,18,22H,2-3,12-14,17H2,1H3,(H,35,41)(H,38,42)(H,39,43)(H,44,45)/t22-/m1/s1. The van der Waals surface area contributed by atoms with Gasteiger partial charge in [0.25, 0.3) is 5.91 Å². The first-order valence-corrected chi connectivity index (χ1v) is 14.9. The van der Waals surface area contributed by atoms with Crippen LogP contribution in [0.15, 0.2) is 67.0 Å². The lowest BCUT2D eigenvalue weighted by atomic mass is 10.0. The number of benzene rings is 3. The predicted octanol–water partition coefficient (Wildman–Crippen LogP) is 4.80. The van der Waals surface area contributed by atoms with Crippen molar-refractivity contribution in [1.29, 1.82) is 0 Å². The van der Waals surface area contributed by atoms with Gasteiger partial charge in [0, 0.05) is 30.5 Å². The van der Waals surface area contributed by atoms with Crippen LogP contribution in [0.5, 0.6) is 17.4 Å². The van der Waals surface area contributed by atoms with Crippen molar-refractivity contribution in [3.05, 3.63) is 78.4 Å². The average molecular weight is 643 g/mol. The number of aromatic nitrogens is 2. The zero-order valence-electron chi connectivity index (χ0n) is 25.3. The van der Waals surface area contributed by atoms with Crippen LogP contribution in [-0.4, -0.2) is 70.0 Å². The highest BCUT2D eigenvalue weighted by Crippen LogP contribution is 2.47. The molecule has 4 N–H and O–H groups in total. The molecule has 1 saturated carbocycles. The molecule has 2 heterocycles. The van der Waals surface area contributed by atoms with E-state index in [1.54, 1.807) is 36.4 Å². The molecule has 1 saturated heterocycles. The molecule has 14 heteroatoms. The van der Waals surface area contributed by atoms with E-state index in [4.69, 9.17) is 9.47 Å². The molecule has 1 atom stereocenters. The summed E-state index contributed by atoms with van der Waals surface area (Å²) in [7, 11) is 1.43. The quantitative estimate of drug-likeness (QED) is 0.177. The number of nitrogens with one attached hydrogen (secondary N) is 3. The Balaban J connectivity index is 1.13. The van der Waals surface area contributed by atoms with Crippen molar-refractivity contribution >= 4 is 46.1 Å². The van der Waals surface area contributed by atoms with E-state index in [0.29, 0.717) is 53.8 Å². The van der Waals surface area contributed by atoms with Crippen molar-refractivity contribution < 1.29 is 38.1 Å². The van der Waals surface area contributed by atoms with Crippen molar-refractivity contribution in [2.75, 3.05) is 30.8 Å². The van der Waals surface area contributed by atoms with Gasteiger partial charge in [-0.2, -0.15) is 0 Å². The number of methoxy groups -OCH3 is 1. The van der Waals surface area contributed by atoms with E-state index in [1.807, 2.05) is 0 Å². The maximum atomic E-state index is 13.2. The van der Waals surface area contributed by atoms with E-state index in [9.17, 15) is 28.7 Å². The minimum Gasteiger partial charge on any atom is -0.496 e. The lowest BCUT2D eigenvalue weighted by Gasteiger charge is -2.22. The van der Waals surface area contributed by atoms with Crippen LogP contribution >= 0.6 is 0 Å². The van der Waals surface area contributed by atoms with E-state index >= 15 is 0 Å². The van der Waals surface area contributed by atoms with Gasteiger partial charge in [-0.3, -0.25) is 14.4 Å². The van der Waals surface area contributed by atoms with Crippen LogP contribution < -0.4 is 25.4 Å². The number of carbonyl (C=O) groups is 4. The van der Waals surface area contributed by atoms with Crippen molar-refractivity contribution in [3.8, 4) is 17.4 Å². The van der Waals surface area contributed by atoms with E-state index in [2.05, 4.69) is 25.9 Å². The van der Waals surface area contributed by atoms with Crippen molar-refractivity contribution in [3.63, 3.8) is 0 Å². The number of hydrogen-bond donors (Lipinski definition) is 4. The summed E-state index contributed by atoms with van der Waals surface area (Å²) >= 11 is 0. The third-order valence-corrected chi connectivity index (χ3v) is 8.33. The maximum Gasteiger partial charge on any atom is 0.407 e. The summed E-state index contributed by atoms with van der Waals surface area (Å²) in [4.78, 5) is 60.5. The molecule has 3 aromatic carbocycles. The van der Waals surface area contributed by atoms with Crippen LogP contribution in [0, 0.1) is 11.2 Å². The number of anilines is 2. The molecule has 1 aliphatic carbocycles. The maximum absolute atomic E-state index is 13.2. The van der Waals surface area contributed by atoms with Crippen LogP contribution in [-0.2, 0) is 9.59 Å². The summed E-state index contributed by atoms with van der Waals surface area (Å²) in [6.07, 6.45) is 2.47. The Morgan fingerprint density at radius 1 is 0.979 bits per heavy atom. The Morgan fingerprint density at radius 3 is 2.26 bits per heavy atom. The van der Waals surface area contributed by atoms with Gasteiger partial charge >= 0.3 is 6.09 Å². The lowest BCUT2D eigenvalue weighted by molar-refractivity contribution is -0.131. The van der Waals surface area contributed by atoms with Gasteiger partial charge in [-0.15, -0.1) is 0 Å². The second kappa shape index (κ2) is 12.9. The van der Waals surface area contributed by atoms with Crippen LogP contribution in [0.2, 0.25) is 0 Å². The third kappa shape index (κ3) is 6.61. The summed E-state index contributed by atoms with van der Waals surface area (Å²) in [5.41, 5.74) is 0.310. The molecule has 2 aliphatic rings. The molecule has 47 heavy (non-hydrogen) atoms. The summed E-state index contributed by atoms with van der Waals surface area (Å²) in [5, 5.41) is 18.1. The van der Waals surface area contributed by atoms with Gasteiger partial charge in [0.15, 0.2) is 0 Å². The highest BCUT2D eigenvalue weighted by atomic mass is 19.1. The third-order valence-electron chi connectivity index (χ3n) is 8.33. The second-order valence-corrected chi connectivity index (χ2v) is 11.4. The summed E-state index contributed by atoms with van der Waals surface area (Å²) in [6.45, 7) is 0.585. The molecule has 2 fully saturated rings. The van der Waals surface area contributed by atoms with Crippen LogP contribution in [0.4, 0.5) is 20.6 Å². The number of hydrogen-bond acceptors (Lipinski definition) is 8. The minimum atomic E-state index is -1.21. The zero-order valence-corrected chi connectivity index (χ0v) is 25.3. The SMILES string of the molecule is COc1cc2ncnc(Oc3ccc(NC(=O)C4(C(=O)Nc5ccc(F)cc5)CC4)cc3)c2cc1C(=O)NC[C@H]1CCCN1C(=O)O. The molecule has 0 bridgehead atoms. The van der Waals surface area contributed by atoms with Crippen LogP contribution in [0.25, 0.3) is 10.9 Å². The molecule has 1 aromatic heterocycles. The van der Waals surface area contributed by atoms with Gasteiger partial charge in [0.05, 0.1) is 29.6 Å². The normalized spacial score (nSPS) is 16.3. The van der Waals surface area contributed by atoms with Crippen LogP contribution in [0.1, 0.15) is 36.0 Å². The Bertz CT molecular complexity index is 1850. The molecule has 6 rings (SSSR count). The van der Waals surface area contributed by atoms with Crippen molar-refractivity contribution in [2.24, 2.45) is 5.41 Å². The van der Waals surface area contributed by atoms with Gasteiger partial charge in [0.1, 0.15) is 29.1 Å². The summed E-state index contributed by atoms with van der Waals surface area (Å²) in [6, 6.07) is 14.6. The first-order valence-electron chi connectivity index (χ1n) is 14.9. The largest absolute Gasteiger partial charge is 0.496 e. The monoisotopic (exact) mass is 642 g/mol. The molecule has 0 spiro atoms. The number of rotatable bonds is 10. The number of carbonyl (C=O) groups excluding carboxylic acids is 3.